The summed E-state index contributed by atoms with van der Waals surface area (Å²) < 4.78 is 16.8. The van der Waals surface area contributed by atoms with Crippen LogP contribution in [0.5, 0.6) is 0 Å². The summed E-state index contributed by atoms with van der Waals surface area (Å²) in [5, 5.41) is 0. The molecule has 0 radical (unpaired) electrons. The van der Waals surface area contributed by atoms with Gasteiger partial charge in [-0.25, -0.2) is 0 Å². The number of aromatic nitrogens is 1. The SMILES string of the molecule is CCCCCCCCC=CCCCCCCCC(=O)OCC1COC(c2cccnc2)O1. The first-order chi connectivity index (χ1) is 15.8. The highest BCUT2D eigenvalue weighted by Crippen LogP contribution is 2.26. The van der Waals surface area contributed by atoms with Gasteiger partial charge in [-0.1, -0.05) is 76.5 Å². The highest BCUT2D eigenvalue weighted by molar-refractivity contribution is 5.69. The van der Waals surface area contributed by atoms with E-state index in [2.05, 4.69) is 24.1 Å². The molecule has 5 nitrogen and oxygen atoms in total. The third-order valence-electron chi connectivity index (χ3n) is 5.78. The van der Waals surface area contributed by atoms with Gasteiger partial charge in [-0.05, 0) is 38.2 Å². The molecule has 0 amide bonds. The Hall–Kier alpha value is -1.72. The van der Waals surface area contributed by atoms with Crippen molar-refractivity contribution in [2.24, 2.45) is 0 Å². The second kappa shape index (κ2) is 17.8. The fourth-order valence-corrected chi connectivity index (χ4v) is 3.82. The summed E-state index contributed by atoms with van der Waals surface area (Å²) >= 11 is 0. The summed E-state index contributed by atoms with van der Waals surface area (Å²) in [5.74, 6) is -0.143. The quantitative estimate of drug-likeness (QED) is 0.137. The summed E-state index contributed by atoms with van der Waals surface area (Å²) in [6.45, 7) is 2.95. The van der Waals surface area contributed by atoms with Crippen LogP contribution in [0.25, 0.3) is 0 Å². The summed E-state index contributed by atoms with van der Waals surface area (Å²) in [4.78, 5) is 16.0. The maximum atomic E-state index is 11.9. The van der Waals surface area contributed by atoms with Crippen LogP contribution in [0, 0.1) is 0 Å². The van der Waals surface area contributed by atoms with Crippen molar-refractivity contribution < 1.29 is 19.0 Å². The van der Waals surface area contributed by atoms with Gasteiger partial charge in [0.05, 0.1) is 6.61 Å². The average molecular weight is 446 g/mol. The molecule has 0 N–H and O–H groups in total. The van der Waals surface area contributed by atoms with E-state index in [-0.39, 0.29) is 18.7 Å². The lowest BCUT2D eigenvalue weighted by molar-refractivity contribution is -0.148. The number of unbranched alkanes of at least 4 members (excludes halogenated alkanes) is 11. The van der Waals surface area contributed by atoms with Gasteiger partial charge < -0.3 is 14.2 Å². The molecule has 32 heavy (non-hydrogen) atoms. The van der Waals surface area contributed by atoms with Crippen molar-refractivity contribution in [3.05, 3.63) is 42.2 Å². The van der Waals surface area contributed by atoms with Crippen LogP contribution in [-0.2, 0) is 19.0 Å². The normalized spacial score (nSPS) is 18.4. The van der Waals surface area contributed by atoms with Crippen molar-refractivity contribution in [2.45, 2.75) is 109 Å². The first-order valence-corrected chi connectivity index (χ1v) is 12.8. The van der Waals surface area contributed by atoms with Crippen molar-refractivity contribution in [2.75, 3.05) is 13.2 Å². The average Bonchev–Trinajstić information content (AvgIpc) is 3.30. The van der Waals surface area contributed by atoms with Gasteiger partial charge in [-0.3, -0.25) is 9.78 Å². The fraction of sp³-hybridized carbons (Fsp3) is 0.704. The zero-order chi connectivity index (χ0) is 22.7. The fourth-order valence-electron chi connectivity index (χ4n) is 3.82. The van der Waals surface area contributed by atoms with Crippen LogP contribution in [0.1, 0.15) is 109 Å². The Morgan fingerprint density at radius 1 is 1.03 bits per heavy atom. The molecule has 1 aliphatic heterocycles. The summed E-state index contributed by atoms with van der Waals surface area (Å²) in [5.41, 5.74) is 0.884. The predicted molar refractivity (Wildman–Crippen MR) is 128 cm³/mol. The smallest absolute Gasteiger partial charge is 0.305 e. The van der Waals surface area contributed by atoms with E-state index < -0.39 is 6.29 Å². The lowest BCUT2D eigenvalue weighted by Crippen LogP contribution is -2.20. The Labute approximate surface area is 194 Å². The molecule has 2 rings (SSSR count). The molecule has 0 spiro atoms. The highest BCUT2D eigenvalue weighted by Gasteiger charge is 2.28. The van der Waals surface area contributed by atoms with Gasteiger partial charge in [-0.2, -0.15) is 0 Å². The van der Waals surface area contributed by atoms with E-state index in [1.807, 2.05) is 12.1 Å². The number of ether oxygens (including phenoxy) is 3. The van der Waals surface area contributed by atoms with Crippen molar-refractivity contribution in [1.29, 1.82) is 0 Å². The Balaban J connectivity index is 1.36. The van der Waals surface area contributed by atoms with E-state index in [9.17, 15) is 4.79 Å². The van der Waals surface area contributed by atoms with Crippen LogP contribution in [0.3, 0.4) is 0 Å². The third kappa shape index (κ3) is 12.4. The highest BCUT2D eigenvalue weighted by atomic mass is 16.7. The van der Waals surface area contributed by atoms with Crippen LogP contribution in [0.4, 0.5) is 0 Å². The van der Waals surface area contributed by atoms with Crippen LogP contribution < -0.4 is 0 Å². The molecule has 1 saturated heterocycles. The van der Waals surface area contributed by atoms with Crippen LogP contribution >= 0.6 is 0 Å². The minimum absolute atomic E-state index is 0.143. The van der Waals surface area contributed by atoms with Crippen molar-refractivity contribution >= 4 is 5.97 Å². The Kier molecular flexibility index (Phi) is 14.8. The molecule has 1 aromatic heterocycles. The number of esters is 1. The second-order valence-corrected chi connectivity index (χ2v) is 8.73. The first-order valence-electron chi connectivity index (χ1n) is 12.8. The number of rotatable bonds is 18. The van der Waals surface area contributed by atoms with E-state index in [0.29, 0.717) is 13.0 Å². The zero-order valence-corrected chi connectivity index (χ0v) is 20.0. The Morgan fingerprint density at radius 2 is 1.72 bits per heavy atom. The molecule has 0 aliphatic carbocycles. The molecule has 5 heteroatoms. The monoisotopic (exact) mass is 445 g/mol. The molecule has 1 fully saturated rings. The molecule has 180 valence electrons. The molecule has 2 heterocycles. The first kappa shape index (κ1) is 26.5. The van der Waals surface area contributed by atoms with E-state index >= 15 is 0 Å². The van der Waals surface area contributed by atoms with Crippen LogP contribution in [-0.4, -0.2) is 30.3 Å². The molecular weight excluding hydrogens is 402 g/mol. The number of allylic oxidation sites excluding steroid dienone is 2. The third-order valence-corrected chi connectivity index (χ3v) is 5.78. The standard InChI is InChI=1S/C27H43NO4/c1-2-3-4-5-6-7-8-9-10-11-12-13-14-15-16-19-26(29)30-22-25-23-31-27(32-25)24-18-17-20-28-21-24/h9-10,17-18,20-21,25,27H,2-8,11-16,19,22-23H2,1H3. The number of nitrogens with zero attached hydrogens (tertiary/aromatic N) is 1. The molecule has 1 aromatic rings. The maximum absolute atomic E-state index is 11.9. The van der Waals surface area contributed by atoms with Gasteiger partial charge in [0.1, 0.15) is 12.7 Å². The lowest BCUT2D eigenvalue weighted by Gasteiger charge is -2.11. The minimum atomic E-state index is -0.419. The van der Waals surface area contributed by atoms with Crippen molar-refractivity contribution in [1.82, 2.24) is 4.98 Å². The molecule has 2 atom stereocenters. The van der Waals surface area contributed by atoms with Gasteiger partial charge in [0.25, 0.3) is 0 Å². The predicted octanol–water partition coefficient (Wildman–Crippen LogP) is 7.08. The molecule has 0 bridgehead atoms. The van der Waals surface area contributed by atoms with Crippen molar-refractivity contribution in [3.63, 3.8) is 0 Å². The Morgan fingerprint density at radius 3 is 2.41 bits per heavy atom. The van der Waals surface area contributed by atoms with E-state index in [0.717, 1.165) is 18.4 Å². The second-order valence-electron chi connectivity index (χ2n) is 8.73. The zero-order valence-electron chi connectivity index (χ0n) is 20.0. The largest absolute Gasteiger partial charge is 0.463 e. The van der Waals surface area contributed by atoms with Crippen LogP contribution in [0.15, 0.2) is 36.7 Å². The topological polar surface area (TPSA) is 57.7 Å². The molecule has 2 unspecified atom stereocenters. The number of pyridine rings is 1. The summed E-state index contributed by atoms with van der Waals surface area (Å²) in [6.07, 6.45) is 24.3. The number of hydrogen-bond donors (Lipinski definition) is 0. The molecular formula is C27H43NO4. The van der Waals surface area contributed by atoms with E-state index in [4.69, 9.17) is 14.2 Å². The summed E-state index contributed by atoms with van der Waals surface area (Å²) in [6, 6.07) is 3.77. The maximum Gasteiger partial charge on any atom is 0.305 e. The lowest BCUT2D eigenvalue weighted by atomic mass is 10.1. The van der Waals surface area contributed by atoms with Gasteiger partial charge in [-0.15, -0.1) is 0 Å². The van der Waals surface area contributed by atoms with Gasteiger partial charge in [0.2, 0.25) is 0 Å². The van der Waals surface area contributed by atoms with E-state index in [1.165, 1.54) is 70.6 Å². The number of carbonyl (C=O) groups is 1. The van der Waals surface area contributed by atoms with Gasteiger partial charge in [0, 0.05) is 24.4 Å². The minimum Gasteiger partial charge on any atom is -0.463 e. The van der Waals surface area contributed by atoms with Crippen LogP contribution in [0.2, 0.25) is 0 Å². The Bertz CT molecular complexity index is 619. The van der Waals surface area contributed by atoms with Crippen molar-refractivity contribution in [3.8, 4) is 0 Å². The van der Waals surface area contributed by atoms with E-state index in [1.54, 1.807) is 12.4 Å². The molecule has 0 aromatic carbocycles. The molecule has 0 saturated carbocycles. The number of carbonyl (C=O) groups excluding carboxylic acids is 1. The van der Waals surface area contributed by atoms with Gasteiger partial charge in [0.15, 0.2) is 6.29 Å². The van der Waals surface area contributed by atoms with Gasteiger partial charge >= 0.3 is 5.97 Å². The number of hydrogen-bond acceptors (Lipinski definition) is 5. The summed E-state index contributed by atoms with van der Waals surface area (Å²) in [7, 11) is 0. The molecule has 1 aliphatic rings.